The number of methoxy groups -OCH3 is 1. The Morgan fingerprint density at radius 2 is 1.97 bits per heavy atom. The highest BCUT2D eigenvalue weighted by Crippen LogP contribution is 2.38. The second-order valence-electron chi connectivity index (χ2n) is 6.45. The predicted octanol–water partition coefficient (Wildman–Crippen LogP) is 3.12. The third-order valence-electron chi connectivity index (χ3n) is 4.17. The van der Waals surface area contributed by atoms with Crippen molar-refractivity contribution < 1.29 is 27.1 Å². The van der Waals surface area contributed by atoms with Crippen molar-refractivity contribution in [3.8, 4) is 17.3 Å². The number of amides is 1. The number of likely N-dealkylation sites (N-methyl/N-ethyl adjacent to an activating group) is 1. The maximum Gasteiger partial charge on any atom is 0.418 e. The smallest absolute Gasteiger partial charge is 0.418 e. The lowest BCUT2D eigenvalue weighted by atomic mass is 10.0. The largest absolute Gasteiger partial charge is 0.497 e. The predicted molar refractivity (Wildman–Crippen MR) is 98.5 cm³/mol. The zero-order chi connectivity index (χ0) is 21.3. The van der Waals surface area contributed by atoms with E-state index in [1.807, 2.05) is 0 Å². The van der Waals surface area contributed by atoms with E-state index in [1.54, 1.807) is 27.1 Å². The Morgan fingerprint density at radius 1 is 1.24 bits per heavy atom. The number of nitrogens with zero attached hydrogens (tertiary/aromatic N) is 4. The third kappa shape index (κ3) is 4.23. The molecule has 1 aromatic carbocycles. The second kappa shape index (κ2) is 7.57. The fourth-order valence-electron chi connectivity index (χ4n) is 2.62. The minimum Gasteiger partial charge on any atom is -0.497 e. The van der Waals surface area contributed by atoms with E-state index in [4.69, 9.17) is 9.15 Å². The van der Waals surface area contributed by atoms with Crippen LogP contribution in [0, 0.1) is 6.92 Å². The Bertz CT molecular complexity index is 1060. The van der Waals surface area contributed by atoms with Crippen LogP contribution in [0.3, 0.4) is 0 Å². The molecule has 0 radical (unpaired) electrons. The number of alkyl halides is 3. The Hall–Kier alpha value is -3.37. The van der Waals surface area contributed by atoms with Crippen molar-refractivity contribution >= 4 is 22.8 Å². The number of hydrogen-bond acceptors (Lipinski definition) is 7. The van der Waals surface area contributed by atoms with E-state index in [9.17, 15) is 18.0 Å². The number of halogens is 3. The van der Waals surface area contributed by atoms with Crippen LogP contribution in [-0.2, 0) is 11.0 Å². The maximum atomic E-state index is 13.6. The molecule has 0 aliphatic heterocycles. The molecule has 0 saturated carbocycles. The van der Waals surface area contributed by atoms with Crippen LogP contribution in [0.2, 0.25) is 0 Å². The number of carbonyl (C=O) groups is 1. The molecule has 0 saturated heterocycles. The van der Waals surface area contributed by atoms with Gasteiger partial charge in [-0.3, -0.25) is 4.79 Å². The third-order valence-corrected chi connectivity index (χ3v) is 4.17. The fourth-order valence-corrected chi connectivity index (χ4v) is 2.62. The standard InChI is InChI=1S/C18H18F3N5O3/c1-9-5-13(16-24-25-17(29-16)22-8-14(27)26(2)3)23-15-11(9)6-10(28-4)7-12(15)18(19,20)21/h5-7H,8H2,1-4H3,(H,22,25). The van der Waals surface area contributed by atoms with Crippen LogP contribution < -0.4 is 10.1 Å². The van der Waals surface area contributed by atoms with E-state index in [2.05, 4.69) is 20.5 Å². The molecule has 0 fully saturated rings. The lowest BCUT2D eigenvalue weighted by molar-refractivity contribution is -0.136. The van der Waals surface area contributed by atoms with Gasteiger partial charge >= 0.3 is 12.2 Å². The summed E-state index contributed by atoms with van der Waals surface area (Å²) < 4.78 is 51.0. The second-order valence-corrected chi connectivity index (χ2v) is 6.45. The molecule has 154 valence electrons. The van der Waals surface area contributed by atoms with Crippen LogP contribution in [-0.4, -0.2) is 53.7 Å². The summed E-state index contributed by atoms with van der Waals surface area (Å²) in [5.74, 6) is -0.204. The molecule has 29 heavy (non-hydrogen) atoms. The maximum absolute atomic E-state index is 13.6. The summed E-state index contributed by atoms with van der Waals surface area (Å²) in [5, 5.41) is 10.5. The number of ether oxygens (including phenoxy) is 1. The summed E-state index contributed by atoms with van der Waals surface area (Å²) in [4.78, 5) is 17.1. The van der Waals surface area contributed by atoms with Gasteiger partial charge in [0.15, 0.2) is 0 Å². The number of nitrogens with one attached hydrogen (secondary N) is 1. The highest BCUT2D eigenvalue weighted by atomic mass is 19.4. The Morgan fingerprint density at radius 3 is 2.59 bits per heavy atom. The summed E-state index contributed by atoms with van der Waals surface area (Å²) in [6.45, 7) is 1.58. The number of hydrogen-bond donors (Lipinski definition) is 1. The average molecular weight is 409 g/mol. The molecule has 0 spiro atoms. The van der Waals surface area contributed by atoms with Gasteiger partial charge in [-0.25, -0.2) is 4.98 Å². The van der Waals surface area contributed by atoms with Gasteiger partial charge in [0, 0.05) is 19.5 Å². The van der Waals surface area contributed by atoms with Crippen molar-refractivity contribution in [3.05, 3.63) is 29.3 Å². The molecular weight excluding hydrogens is 391 g/mol. The van der Waals surface area contributed by atoms with Crippen molar-refractivity contribution in [2.45, 2.75) is 13.1 Å². The molecule has 0 bridgehead atoms. The average Bonchev–Trinajstić information content (AvgIpc) is 3.13. The van der Waals surface area contributed by atoms with E-state index in [-0.39, 0.29) is 41.3 Å². The summed E-state index contributed by atoms with van der Waals surface area (Å²) in [6, 6.07) is 3.89. The highest BCUT2D eigenvalue weighted by Gasteiger charge is 2.34. The number of carbonyl (C=O) groups excluding carboxylic acids is 1. The number of aryl methyl sites for hydroxylation is 1. The molecular formula is C18H18F3N5O3. The first-order valence-corrected chi connectivity index (χ1v) is 8.44. The van der Waals surface area contributed by atoms with Crippen LogP contribution in [0.15, 0.2) is 22.6 Å². The first-order valence-electron chi connectivity index (χ1n) is 8.44. The van der Waals surface area contributed by atoms with Gasteiger partial charge in [0.05, 0.1) is 24.7 Å². The lowest BCUT2D eigenvalue weighted by Gasteiger charge is -2.14. The van der Waals surface area contributed by atoms with E-state index in [0.29, 0.717) is 10.9 Å². The number of aromatic nitrogens is 3. The normalized spacial score (nSPS) is 11.6. The van der Waals surface area contributed by atoms with E-state index < -0.39 is 11.7 Å². The summed E-state index contributed by atoms with van der Waals surface area (Å²) in [6.07, 6.45) is -4.63. The Kier molecular flexibility index (Phi) is 5.31. The Balaban J connectivity index is 2.02. The quantitative estimate of drug-likeness (QED) is 0.692. The summed E-state index contributed by atoms with van der Waals surface area (Å²) >= 11 is 0. The van der Waals surface area contributed by atoms with Crippen molar-refractivity contribution in [3.63, 3.8) is 0 Å². The zero-order valence-corrected chi connectivity index (χ0v) is 16.1. The number of fused-ring (bicyclic) bond motifs is 1. The van der Waals surface area contributed by atoms with Crippen molar-refractivity contribution in [1.82, 2.24) is 20.1 Å². The van der Waals surface area contributed by atoms with Gasteiger partial charge in [0.1, 0.15) is 11.4 Å². The summed E-state index contributed by atoms with van der Waals surface area (Å²) in [5.41, 5.74) is -0.551. The van der Waals surface area contributed by atoms with E-state index >= 15 is 0 Å². The molecule has 2 aromatic heterocycles. The molecule has 0 aliphatic rings. The topological polar surface area (TPSA) is 93.4 Å². The van der Waals surface area contributed by atoms with E-state index in [0.717, 1.165) is 6.07 Å². The molecule has 8 nitrogen and oxygen atoms in total. The van der Waals surface area contributed by atoms with Gasteiger partial charge in [0.2, 0.25) is 5.91 Å². The monoisotopic (exact) mass is 409 g/mol. The van der Waals surface area contributed by atoms with Gasteiger partial charge in [-0.15, -0.1) is 5.10 Å². The van der Waals surface area contributed by atoms with Gasteiger partial charge in [-0.2, -0.15) is 13.2 Å². The molecule has 3 rings (SSSR count). The minimum absolute atomic E-state index is 0.0412. The molecule has 11 heteroatoms. The Labute approximate surface area is 163 Å². The minimum atomic E-state index is -4.63. The van der Waals surface area contributed by atoms with Gasteiger partial charge < -0.3 is 19.4 Å². The van der Waals surface area contributed by atoms with E-state index in [1.165, 1.54) is 18.1 Å². The van der Waals surface area contributed by atoms with Crippen molar-refractivity contribution in [1.29, 1.82) is 0 Å². The number of benzene rings is 1. The molecule has 1 amide bonds. The van der Waals surface area contributed by atoms with Gasteiger partial charge in [0.25, 0.3) is 5.89 Å². The number of pyridine rings is 1. The summed E-state index contributed by atoms with van der Waals surface area (Å²) in [7, 11) is 4.49. The van der Waals surface area contributed by atoms with Crippen LogP contribution in [0.25, 0.3) is 22.5 Å². The highest BCUT2D eigenvalue weighted by molar-refractivity contribution is 5.88. The molecule has 3 aromatic rings. The van der Waals surface area contributed by atoms with Gasteiger partial charge in [-0.05, 0) is 30.7 Å². The van der Waals surface area contributed by atoms with Crippen molar-refractivity contribution in [2.24, 2.45) is 0 Å². The number of rotatable bonds is 5. The van der Waals surface area contributed by atoms with Crippen LogP contribution in [0.5, 0.6) is 5.75 Å². The molecule has 0 aliphatic carbocycles. The number of anilines is 1. The SMILES string of the molecule is COc1cc(C(F)(F)F)c2nc(-c3nnc(NCC(=O)N(C)C)o3)cc(C)c2c1. The molecule has 0 unspecified atom stereocenters. The lowest BCUT2D eigenvalue weighted by Crippen LogP contribution is -2.28. The molecule has 1 N–H and O–H groups in total. The van der Waals surface area contributed by atoms with Crippen LogP contribution in [0.1, 0.15) is 11.1 Å². The zero-order valence-electron chi connectivity index (χ0n) is 16.1. The van der Waals surface area contributed by atoms with Crippen molar-refractivity contribution in [2.75, 3.05) is 33.1 Å². The van der Waals surface area contributed by atoms with Crippen LogP contribution >= 0.6 is 0 Å². The molecule has 2 heterocycles. The fraction of sp³-hybridized carbons (Fsp3) is 0.333. The molecule has 0 atom stereocenters. The first-order chi connectivity index (χ1) is 13.6. The van der Waals surface area contributed by atoms with Crippen LogP contribution in [0.4, 0.5) is 19.2 Å². The first kappa shape index (κ1) is 20.4. The van der Waals surface area contributed by atoms with Gasteiger partial charge in [-0.1, -0.05) is 5.10 Å².